The molecule has 0 fully saturated rings. The molecule has 1 aromatic rings. The molecule has 1 aromatic carbocycles. The van der Waals surface area contributed by atoms with Gasteiger partial charge in [-0.1, -0.05) is 32.0 Å². The standard InChI is InChI=1S/C13H16O4/c1-8(7-12(14)15)9(2)10-5-3-4-6-11(10)13(16)17/h3-6,8-9H,7H2,1-2H3,(H,14,15)(H,16,17). The Hall–Kier alpha value is -1.84. The van der Waals surface area contributed by atoms with Gasteiger partial charge in [-0.2, -0.15) is 0 Å². The van der Waals surface area contributed by atoms with Crippen molar-refractivity contribution in [1.82, 2.24) is 0 Å². The Kier molecular flexibility index (Phi) is 4.26. The second kappa shape index (κ2) is 5.48. The van der Waals surface area contributed by atoms with Gasteiger partial charge in [-0.05, 0) is 23.5 Å². The van der Waals surface area contributed by atoms with Crippen molar-refractivity contribution in [2.75, 3.05) is 0 Å². The Balaban J connectivity index is 2.99. The summed E-state index contributed by atoms with van der Waals surface area (Å²) in [6.07, 6.45) is 0.0368. The van der Waals surface area contributed by atoms with Crippen LogP contribution in [0.2, 0.25) is 0 Å². The van der Waals surface area contributed by atoms with Crippen LogP contribution in [-0.4, -0.2) is 22.2 Å². The molecule has 0 aliphatic heterocycles. The molecule has 4 heteroatoms. The minimum atomic E-state index is -0.977. The van der Waals surface area contributed by atoms with E-state index in [0.29, 0.717) is 5.56 Å². The van der Waals surface area contributed by atoms with Crippen molar-refractivity contribution in [3.63, 3.8) is 0 Å². The van der Waals surface area contributed by atoms with Crippen molar-refractivity contribution in [3.8, 4) is 0 Å². The van der Waals surface area contributed by atoms with Gasteiger partial charge in [-0.3, -0.25) is 4.79 Å². The number of rotatable bonds is 5. The molecule has 0 aliphatic rings. The summed E-state index contributed by atoms with van der Waals surface area (Å²) in [5.74, 6) is -2.04. The van der Waals surface area contributed by atoms with E-state index in [-0.39, 0.29) is 23.8 Å². The Morgan fingerprint density at radius 1 is 1.18 bits per heavy atom. The summed E-state index contributed by atoms with van der Waals surface area (Å²) in [7, 11) is 0. The average Bonchev–Trinajstić information content (AvgIpc) is 2.27. The molecule has 4 nitrogen and oxygen atoms in total. The van der Waals surface area contributed by atoms with E-state index in [9.17, 15) is 9.59 Å². The molecule has 0 radical (unpaired) electrons. The summed E-state index contributed by atoms with van der Waals surface area (Å²) in [5.41, 5.74) is 0.936. The summed E-state index contributed by atoms with van der Waals surface area (Å²) in [4.78, 5) is 21.7. The molecule has 0 saturated heterocycles. The average molecular weight is 236 g/mol. The van der Waals surface area contributed by atoms with Crippen LogP contribution in [0.1, 0.15) is 42.1 Å². The number of aromatic carboxylic acids is 1. The van der Waals surface area contributed by atoms with Gasteiger partial charge in [0.1, 0.15) is 0 Å². The maximum absolute atomic E-state index is 11.1. The largest absolute Gasteiger partial charge is 0.481 e. The molecular weight excluding hydrogens is 220 g/mol. The molecule has 0 saturated carbocycles. The van der Waals surface area contributed by atoms with E-state index in [2.05, 4.69) is 0 Å². The lowest BCUT2D eigenvalue weighted by molar-refractivity contribution is -0.138. The van der Waals surface area contributed by atoms with Crippen LogP contribution in [0.4, 0.5) is 0 Å². The maximum Gasteiger partial charge on any atom is 0.335 e. The van der Waals surface area contributed by atoms with Crippen LogP contribution in [-0.2, 0) is 4.79 Å². The van der Waals surface area contributed by atoms with Crippen molar-refractivity contribution >= 4 is 11.9 Å². The molecule has 0 bridgehead atoms. The van der Waals surface area contributed by atoms with E-state index in [4.69, 9.17) is 10.2 Å². The normalized spacial score (nSPS) is 14.0. The van der Waals surface area contributed by atoms with Gasteiger partial charge in [0.2, 0.25) is 0 Å². The first-order valence-corrected chi connectivity index (χ1v) is 5.47. The smallest absolute Gasteiger partial charge is 0.335 e. The molecule has 0 amide bonds. The predicted octanol–water partition coefficient (Wildman–Crippen LogP) is 2.60. The zero-order chi connectivity index (χ0) is 13.0. The predicted molar refractivity (Wildman–Crippen MR) is 63.2 cm³/mol. The molecule has 0 heterocycles. The fourth-order valence-corrected chi connectivity index (χ4v) is 1.85. The van der Waals surface area contributed by atoms with Gasteiger partial charge in [-0.25, -0.2) is 4.79 Å². The lowest BCUT2D eigenvalue weighted by Gasteiger charge is -2.20. The molecule has 92 valence electrons. The third-order valence-corrected chi connectivity index (χ3v) is 3.03. The number of hydrogen-bond donors (Lipinski definition) is 2. The van der Waals surface area contributed by atoms with Gasteiger partial charge >= 0.3 is 11.9 Å². The Morgan fingerprint density at radius 2 is 1.76 bits per heavy atom. The molecule has 0 spiro atoms. The van der Waals surface area contributed by atoms with Crippen LogP contribution in [0.15, 0.2) is 24.3 Å². The molecular formula is C13H16O4. The zero-order valence-corrected chi connectivity index (χ0v) is 9.88. The third kappa shape index (κ3) is 3.31. The van der Waals surface area contributed by atoms with Gasteiger partial charge < -0.3 is 10.2 Å². The topological polar surface area (TPSA) is 74.6 Å². The molecule has 2 unspecified atom stereocenters. The summed E-state index contributed by atoms with van der Waals surface area (Å²) in [5, 5.41) is 17.8. The van der Waals surface area contributed by atoms with Crippen molar-refractivity contribution < 1.29 is 19.8 Å². The zero-order valence-electron chi connectivity index (χ0n) is 9.88. The fraction of sp³-hybridized carbons (Fsp3) is 0.385. The van der Waals surface area contributed by atoms with Crippen molar-refractivity contribution in [2.24, 2.45) is 5.92 Å². The second-order valence-electron chi connectivity index (χ2n) is 4.26. The molecule has 0 aliphatic carbocycles. The van der Waals surface area contributed by atoms with E-state index < -0.39 is 11.9 Å². The number of hydrogen-bond acceptors (Lipinski definition) is 2. The highest BCUT2D eigenvalue weighted by Crippen LogP contribution is 2.29. The van der Waals surface area contributed by atoms with E-state index in [1.165, 1.54) is 0 Å². The van der Waals surface area contributed by atoms with Gasteiger partial charge in [-0.15, -0.1) is 0 Å². The molecule has 17 heavy (non-hydrogen) atoms. The highest BCUT2D eigenvalue weighted by molar-refractivity contribution is 5.89. The SMILES string of the molecule is CC(CC(=O)O)C(C)c1ccccc1C(=O)O. The van der Waals surface area contributed by atoms with E-state index >= 15 is 0 Å². The molecule has 0 aromatic heterocycles. The number of aliphatic carboxylic acids is 1. The highest BCUT2D eigenvalue weighted by Gasteiger charge is 2.21. The Labute approximate surface area is 99.9 Å². The van der Waals surface area contributed by atoms with Crippen LogP contribution in [0.3, 0.4) is 0 Å². The van der Waals surface area contributed by atoms with Crippen LogP contribution in [0.5, 0.6) is 0 Å². The van der Waals surface area contributed by atoms with E-state index in [0.717, 1.165) is 0 Å². The monoisotopic (exact) mass is 236 g/mol. The summed E-state index contributed by atoms with van der Waals surface area (Å²) in [6.45, 7) is 3.67. The van der Waals surface area contributed by atoms with Crippen LogP contribution in [0.25, 0.3) is 0 Å². The quantitative estimate of drug-likeness (QED) is 0.824. The first kappa shape index (κ1) is 13.2. The van der Waals surface area contributed by atoms with Gasteiger partial charge in [0.25, 0.3) is 0 Å². The fourth-order valence-electron chi connectivity index (χ4n) is 1.85. The van der Waals surface area contributed by atoms with Crippen LogP contribution >= 0.6 is 0 Å². The van der Waals surface area contributed by atoms with E-state index in [1.54, 1.807) is 24.3 Å². The van der Waals surface area contributed by atoms with E-state index in [1.807, 2.05) is 13.8 Å². The highest BCUT2D eigenvalue weighted by atomic mass is 16.4. The maximum atomic E-state index is 11.1. The van der Waals surface area contributed by atoms with Crippen molar-refractivity contribution in [1.29, 1.82) is 0 Å². The second-order valence-corrected chi connectivity index (χ2v) is 4.26. The first-order valence-electron chi connectivity index (χ1n) is 5.47. The minimum absolute atomic E-state index is 0.0368. The van der Waals surface area contributed by atoms with Crippen molar-refractivity contribution in [3.05, 3.63) is 35.4 Å². The summed E-state index contributed by atoms with van der Waals surface area (Å²) >= 11 is 0. The molecule has 1 rings (SSSR count). The Morgan fingerprint density at radius 3 is 2.29 bits per heavy atom. The van der Waals surface area contributed by atoms with Gasteiger partial charge in [0.15, 0.2) is 0 Å². The van der Waals surface area contributed by atoms with Gasteiger partial charge in [0, 0.05) is 6.42 Å². The minimum Gasteiger partial charge on any atom is -0.481 e. The number of benzene rings is 1. The first-order chi connectivity index (χ1) is 7.93. The number of carboxylic acid groups (broad SMARTS) is 2. The summed E-state index contributed by atoms with van der Waals surface area (Å²) in [6, 6.07) is 6.72. The molecule has 2 atom stereocenters. The Bertz CT molecular complexity index is 425. The van der Waals surface area contributed by atoms with Crippen LogP contribution in [0, 0.1) is 5.92 Å². The van der Waals surface area contributed by atoms with Crippen LogP contribution < -0.4 is 0 Å². The third-order valence-electron chi connectivity index (χ3n) is 3.03. The number of carbonyl (C=O) groups is 2. The lowest BCUT2D eigenvalue weighted by atomic mass is 9.84. The summed E-state index contributed by atoms with van der Waals surface area (Å²) < 4.78 is 0. The molecule has 2 N–H and O–H groups in total. The van der Waals surface area contributed by atoms with Crippen molar-refractivity contribution in [2.45, 2.75) is 26.2 Å². The number of carboxylic acids is 2. The lowest BCUT2D eigenvalue weighted by Crippen LogP contribution is -2.14. The van der Waals surface area contributed by atoms with Gasteiger partial charge in [0.05, 0.1) is 5.56 Å².